The lowest BCUT2D eigenvalue weighted by atomic mass is 10.2. The topological polar surface area (TPSA) is 78.4 Å². The Labute approximate surface area is 87.0 Å². The van der Waals surface area contributed by atoms with Gasteiger partial charge in [0.05, 0.1) is 17.2 Å². The van der Waals surface area contributed by atoms with Crippen LogP contribution in [0.1, 0.15) is 12.8 Å². The highest BCUT2D eigenvalue weighted by Crippen LogP contribution is 2.32. The lowest BCUT2D eigenvalue weighted by Gasteiger charge is -2.07. The molecule has 80 valence electrons. The Morgan fingerprint density at radius 1 is 1.53 bits per heavy atom. The molecule has 0 aromatic heterocycles. The number of nitrogens with zero attached hydrogens (tertiary/aromatic N) is 1. The van der Waals surface area contributed by atoms with E-state index in [0.29, 0.717) is 24.0 Å². The highest BCUT2D eigenvalue weighted by molar-refractivity contribution is 5.58. The van der Waals surface area contributed by atoms with Crippen molar-refractivity contribution in [2.45, 2.75) is 12.8 Å². The molecule has 0 aliphatic heterocycles. The number of hydrogen-bond acceptors (Lipinski definition) is 4. The van der Waals surface area contributed by atoms with E-state index >= 15 is 0 Å². The van der Waals surface area contributed by atoms with Crippen molar-refractivity contribution in [3.8, 4) is 5.75 Å². The lowest BCUT2D eigenvalue weighted by Crippen LogP contribution is -2.02. The molecule has 0 radical (unpaired) electrons. The molecule has 0 bridgehead atoms. The van der Waals surface area contributed by atoms with Crippen LogP contribution in [-0.2, 0) is 0 Å². The first-order valence-electron chi connectivity index (χ1n) is 4.83. The van der Waals surface area contributed by atoms with Crippen LogP contribution in [0.4, 0.5) is 11.4 Å². The van der Waals surface area contributed by atoms with Gasteiger partial charge in [-0.05, 0) is 24.8 Å². The van der Waals surface area contributed by atoms with Crippen molar-refractivity contribution in [2.24, 2.45) is 5.92 Å². The fourth-order valence-electron chi connectivity index (χ4n) is 1.27. The van der Waals surface area contributed by atoms with Gasteiger partial charge in [0.1, 0.15) is 5.75 Å². The van der Waals surface area contributed by atoms with Crippen LogP contribution in [0.15, 0.2) is 18.2 Å². The van der Waals surface area contributed by atoms with Gasteiger partial charge < -0.3 is 10.5 Å². The minimum Gasteiger partial charge on any atom is -0.491 e. The smallest absolute Gasteiger partial charge is 0.271 e. The zero-order chi connectivity index (χ0) is 10.8. The molecule has 1 aromatic rings. The van der Waals surface area contributed by atoms with Gasteiger partial charge in [-0.3, -0.25) is 10.1 Å². The maximum atomic E-state index is 10.4. The number of ether oxygens (including phenoxy) is 1. The molecule has 15 heavy (non-hydrogen) atoms. The third kappa shape index (κ3) is 2.37. The van der Waals surface area contributed by atoms with E-state index in [0.717, 1.165) is 0 Å². The van der Waals surface area contributed by atoms with Crippen LogP contribution in [0.25, 0.3) is 0 Å². The molecule has 0 atom stereocenters. The van der Waals surface area contributed by atoms with Crippen LogP contribution < -0.4 is 10.5 Å². The van der Waals surface area contributed by atoms with E-state index < -0.39 is 4.92 Å². The Kier molecular flexibility index (Phi) is 2.45. The van der Waals surface area contributed by atoms with Crippen molar-refractivity contribution in [1.82, 2.24) is 0 Å². The molecule has 0 heterocycles. The van der Waals surface area contributed by atoms with Crippen LogP contribution in [0.3, 0.4) is 0 Å². The summed E-state index contributed by atoms with van der Waals surface area (Å²) in [5.41, 5.74) is 5.95. The Morgan fingerprint density at radius 3 is 2.80 bits per heavy atom. The predicted molar refractivity (Wildman–Crippen MR) is 55.7 cm³/mol. The lowest BCUT2D eigenvalue weighted by molar-refractivity contribution is -0.384. The maximum absolute atomic E-state index is 10.4. The number of rotatable bonds is 4. The van der Waals surface area contributed by atoms with E-state index in [9.17, 15) is 10.1 Å². The molecule has 1 fully saturated rings. The number of nitro groups is 1. The Morgan fingerprint density at radius 2 is 2.27 bits per heavy atom. The third-order valence-electron chi connectivity index (χ3n) is 2.38. The fraction of sp³-hybridized carbons (Fsp3) is 0.400. The summed E-state index contributed by atoms with van der Waals surface area (Å²) in [5.74, 6) is 1.17. The summed E-state index contributed by atoms with van der Waals surface area (Å²) in [6, 6.07) is 4.27. The Hall–Kier alpha value is -1.78. The van der Waals surface area contributed by atoms with Gasteiger partial charge in [-0.1, -0.05) is 0 Å². The zero-order valence-corrected chi connectivity index (χ0v) is 8.18. The first-order chi connectivity index (χ1) is 7.16. The molecule has 5 heteroatoms. The van der Waals surface area contributed by atoms with Crippen molar-refractivity contribution >= 4 is 11.4 Å². The molecule has 0 saturated heterocycles. The van der Waals surface area contributed by atoms with E-state index in [1.54, 1.807) is 6.07 Å². The highest BCUT2D eigenvalue weighted by atomic mass is 16.6. The highest BCUT2D eigenvalue weighted by Gasteiger charge is 2.22. The average Bonchev–Trinajstić information content (AvgIpc) is 2.99. The van der Waals surface area contributed by atoms with Crippen LogP contribution in [0, 0.1) is 16.0 Å². The van der Waals surface area contributed by atoms with Gasteiger partial charge in [0.15, 0.2) is 0 Å². The van der Waals surface area contributed by atoms with E-state index in [4.69, 9.17) is 10.5 Å². The first-order valence-corrected chi connectivity index (χ1v) is 4.83. The molecule has 5 nitrogen and oxygen atoms in total. The van der Waals surface area contributed by atoms with Gasteiger partial charge in [0.2, 0.25) is 0 Å². The zero-order valence-electron chi connectivity index (χ0n) is 8.18. The predicted octanol–water partition coefficient (Wildman–Crippen LogP) is 1.97. The normalized spacial score (nSPS) is 14.9. The molecule has 1 aliphatic rings. The van der Waals surface area contributed by atoms with E-state index in [1.165, 1.54) is 25.0 Å². The number of anilines is 1. The summed E-state index contributed by atoms with van der Waals surface area (Å²) in [7, 11) is 0. The van der Waals surface area contributed by atoms with Gasteiger partial charge in [0.25, 0.3) is 5.69 Å². The second kappa shape index (κ2) is 3.76. The van der Waals surface area contributed by atoms with Crippen molar-refractivity contribution in [1.29, 1.82) is 0 Å². The van der Waals surface area contributed by atoms with Crippen molar-refractivity contribution < 1.29 is 9.66 Å². The van der Waals surface area contributed by atoms with Gasteiger partial charge in [-0.2, -0.15) is 0 Å². The third-order valence-corrected chi connectivity index (χ3v) is 2.38. The van der Waals surface area contributed by atoms with Crippen molar-refractivity contribution in [3.63, 3.8) is 0 Å². The molecule has 1 aromatic carbocycles. The largest absolute Gasteiger partial charge is 0.491 e. The first kappa shape index (κ1) is 9.76. The SMILES string of the molecule is Nc1cc([N+](=O)[O-])ccc1OCC1CC1. The van der Waals surface area contributed by atoms with Gasteiger partial charge >= 0.3 is 0 Å². The summed E-state index contributed by atoms with van der Waals surface area (Å²) in [6.45, 7) is 0.655. The van der Waals surface area contributed by atoms with Crippen LogP contribution in [-0.4, -0.2) is 11.5 Å². The number of nitrogens with two attached hydrogens (primary N) is 1. The summed E-state index contributed by atoms with van der Waals surface area (Å²) in [4.78, 5) is 9.98. The summed E-state index contributed by atoms with van der Waals surface area (Å²) < 4.78 is 5.45. The average molecular weight is 208 g/mol. The molecular weight excluding hydrogens is 196 g/mol. The number of benzene rings is 1. The Bertz CT molecular complexity index is 388. The van der Waals surface area contributed by atoms with Crippen molar-refractivity contribution in [2.75, 3.05) is 12.3 Å². The number of nitrogen functional groups attached to an aromatic ring is 1. The molecule has 2 rings (SSSR count). The van der Waals surface area contributed by atoms with E-state index in [1.807, 2.05) is 0 Å². The van der Waals surface area contributed by atoms with Crippen LogP contribution in [0.2, 0.25) is 0 Å². The quantitative estimate of drug-likeness (QED) is 0.466. The maximum Gasteiger partial charge on any atom is 0.271 e. The van der Waals surface area contributed by atoms with Gasteiger partial charge in [0, 0.05) is 12.1 Å². The summed E-state index contributed by atoms with van der Waals surface area (Å²) in [6.07, 6.45) is 2.40. The number of hydrogen-bond donors (Lipinski definition) is 1. The van der Waals surface area contributed by atoms with Crippen LogP contribution >= 0.6 is 0 Å². The molecule has 1 aliphatic carbocycles. The van der Waals surface area contributed by atoms with Gasteiger partial charge in [-0.15, -0.1) is 0 Å². The van der Waals surface area contributed by atoms with Crippen LogP contribution in [0.5, 0.6) is 5.75 Å². The molecule has 0 unspecified atom stereocenters. The van der Waals surface area contributed by atoms with Crippen molar-refractivity contribution in [3.05, 3.63) is 28.3 Å². The Balaban J connectivity index is 2.07. The standard InChI is InChI=1S/C10H12N2O3/c11-9-5-8(12(13)14)3-4-10(9)15-6-7-1-2-7/h3-5,7H,1-2,6,11H2. The fourth-order valence-corrected chi connectivity index (χ4v) is 1.27. The summed E-state index contributed by atoms with van der Waals surface area (Å²) in [5, 5.41) is 10.4. The molecule has 0 spiro atoms. The second-order valence-corrected chi connectivity index (χ2v) is 3.73. The van der Waals surface area contributed by atoms with E-state index in [2.05, 4.69) is 0 Å². The monoisotopic (exact) mass is 208 g/mol. The molecule has 0 amide bonds. The van der Waals surface area contributed by atoms with E-state index in [-0.39, 0.29) is 5.69 Å². The minimum atomic E-state index is -0.471. The molecular formula is C10H12N2O3. The second-order valence-electron chi connectivity index (χ2n) is 3.73. The summed E-state index contributed by atoms with van der Waals surface area (Å²) >= 11 is 0. The minimum absolute atomic E-state index is 0.00808. The molecule has 1 saturated carbocycles. The van der Waals surface area contributed by atoms with Gasteiger partial charge in [-0.25, -0.2) is 0 Å². The number of nitro benzene ring substituents is 1. The molecule has 2 N–H and O–H groups in total. The number of non-ortho nitro benzene ring substituents is 1.